The molecule has 0 aliphatic heterocycles. The minimum atomic E-state index is -1.04. The standard InChI is InChI=1S/C20H21N5O3S/c1-13(2)11-25-18(15-6-4-8-21-10-15)23-24-20(25)29-12-17(26)22-16-7-3-5-14(9-16)19(27)28/h3-10,13H,11-12H2,1-2H3,(H,22,26)(H,27,28). The van der Waals surface area contributed by atoms with E-state index >= 15 is 0 Å². The van der Waals surface area contributed by atoms with Gasteiger partial charge < -0.3 is 15.0 Å². The Balaban J connectivity index is 1.71. The molecule has 3 rings (SSSR count). The summed E-state index contributed by atoms with van der Waals surface area (Å²) >= 11 is 1.28. The molecule has 2 heterocycles. The van der Waals surface area contributed by atoms with Crippen LogP contribution in [0, 0.1) is 5.92 Å². The van der Waals surface area contributed by atoms with Crippen LogP contribution in [-0.2, 0) is 11.3 Å². The number of aromatic carboxylic acids is 1. The molecule has 8 nitrogen and oxygen atoms in total. The second kappa shape index (κ2) is 9.33. The van der Waals surface area contributed by atoms with E-state index in [9.17, 15) is 9.59 Å². The monoisotopic (exact) mass is 411 g/mol. The molecule has 150 valence electrons. The number of aromatic nitrogens is 4. The van der Waals surface area contributed by atoms with Crippen molar-refractivity contribution >= 4 is 29.3 Å². The van der Waals surface area contributed by atoms with E-state index in [0.29, 0.717) is 29.1 Å². The van der Waals surface area contributed by atoms with Crippen LogP contribution in [0.3, 0.4) is 0 Å². The van der Waals surface area contributed by atoms with Gasteiger partial charge in [-0.3, -0.25) is 9.78 Å². The Labute approximate surface area is 172 Å². The van der Waals surface area contributed by atoms with Crippen LogP contribution in [0.5, 0.6) is 0 Å². The maximum absolute atomic E-state index is 12.3. The summed E-state index contributed by atoms with van der Waals surface area (Å²) in [4.78, 5) is 27.5. The van der Waals surface area contributed by atoms with Gasteiger partial charge in [0.05, 0.1) is 11.3 Å². The average Bonchev–Trinajstić information content (AvgIpc) is 3.09. The number of hydrogen-bond donors (Lipinski definition) is 2. The zero-order valence-electron chi connectivity index (χ0n) is 16.1. The summed E-state index contributed by atoms with van der Waals surface area (Å²) in [5, 5.41) is 21.0. The van der Waals surface area contributed by atoms with Gasteiger partial charge in [-0.2, -0.15) is 0 Å². The largest absolute Gasteiger partial charge is 0.478 e. The zero-order valence-corrected chi connectivity index (χ0v) is 16.9. The molecule has 0 bridgehead atoms. The highest BCUT2D eigenvalue weighted by atomic mass is 32.2. The first kappa shape index (κ1) is 20.5. The molecule has 0 aliphatic carbocycles. The number of benzene rings is 1. The van der Waals surface area contributed by atoms with Crippen LogP contribution in [0.15, 0.2) is 53.9 Å². The molecule has 3 aromatic rings. The van der Waals surface area contributed by atoms with Gasteiger partial charge in [-0.05, 0) is 36.2 Å². The maximum atomic E-state index is 12.3. The molecule has 2 N–H and O–H groups in total. The summed E-state index contributed by atoms with van der Waals surface area (Å²) in [6.07, 6.45) is 3.43. The van der Waals surface area contributed by atoms with Crippen molar-refractivity contribution in [1.82, 2.24) is 19.7 Å². The second-order valence-electron chi connectivity index (χ2n) is 6.78. The van der Waals surface area contributed by atoms with Crippen LogP contribution in [0.2, 0.25) is 0 Å². The van der Waals surface area contributed by atoms with Gasteiger partial charge in [-0.25, -0.2) is 4.79 Å². The molecule has 0 aliphatic rings. The number of thioether (sulfide) groups is 1. The van der Waals surface area contributed by atoms with Crippen LogP contribution >= 0.6 is 11.8 Å². The highest BCUT2D eigenvalue weighted by Crippen LogP contribution is 2.25. The number of carboxylic acid groups (broad SMARTS) is 1. The molecule has 1 amide bonds. The Morgan fingerprint density at radius 2 is 2.03 bits per heavy atom. The molecule has 0 radical (unpaired) electrons. The Bertz CT molecular complexity index is 1000. The van der Waals surface area contributed by atoms with E-state index in [1.165, 1.54) is 23.9 Å². The number of hydrogen-bond acceptors (Lipinski definition) is 6. The number of carbonyl (C=O) groups excluding carboxylic acids is 1. The van der Waals surface area contributed by atoms with Gasteiger partial charge in [0.15, 0.2) is 11.0 Å². The molecule has 1 aromatic carbocycles. The highest BCUT2D eigenvalue weighted by molar-refractivity contribution is 7.99. The molecule has 0 saturated heterocycles. The van der Waals surface area contributed by atoms with Crippen molar-refractivity contribution in [3.05, 3.63) is 54.4 Å². The molecule has 0 fully saturated rings. The number of carboxylic acids is 1. The van der Waals surface area contributed by atoms with E-state index in [-0.39, 0.29) is 17.2 Å². The van der Waals surface area contributed by atoms with Crippen molar-refractivity contribution in [1.29, 1.82) is 0 Å². The summed E-state index contributed by atoms with van der Waals surface area (Å²) in [6, 6.07) is 9.90. The van der Waals surface area contributed by atoms with E-state index in [1.807, 2.05) is 16.7 Å². The Kier molecular flexibility index (Phi) is 6.61. The predicted molar refractivity (Wildman–Crippen MR) is 111 cm³/mol. The van der Waals surface area contributed by atoms with Gasteiger partial charge in [0.1, 0.15) is 0 Å². The van der Waals surface area contributed by atoms with Crippen LogP contribution in [0.4, 0.5) is 5.69 Å². The molecular weight excluding hydrogens is 390 g/mol. The minimum Gasteiger partial charge on any atom is -0.478 e. The number of anilines is 1. The van der Waals surface area contributed by atoms with Gasteiger partial charge >= 0.3 is 5.97 Å². The van der Waals surface area contributed by atoms with E-state index in [1.54, 1.807) is 24.5 Å². The van der Waals surface area contributed by atoms with Crippen molar-refractivity contribution in [2.45, 2.75) is 25.5 Å². The van der Waals surface area contributed by atoms with Crippen LogP contribution in [-0.4, -0.2) is 42.5 Å². The first-order valence-electron chi connectivity index (χ1n) is 9.03. The van der Waals surface area contributed by atoms with Crippen molar-refractivity contribution in [3.8, 4) is 11.4 Å². The Morgan fingerprint density at radius 1 is 1.21 bits per heavy atom. The van der Waals surface area contributed by atoms with E-state index in [4.69, 9.17) is 5.11 Å². The van der Waals surface area contributed by atoms with E-state index in [2.05, 4.69) is 34.3 Å². The van der Waals surface area contributed by atoms with Crippen LogP contribution in [0.25, 0.3) is 11.4 Å². The Hall–Kier alpha value is -3.20. The lowest BCUT2D eigenvalue weighted by Gasteiger charge is -2.12. The number of pyridine rings is 1. The molecular formula is C20H21N5O3S. The summed E-state index contributed by atoms with van der Waals surface area (Å²) in [7, 11) is 0. The third kappa shape index (κ3) is 5.41. The SMILES string of the molecule is CC(C)Cn1c(SCC(=O)Nc2cccc(C(=O)O)c2)nnc1-c1cccnc1. The fourth-order valence-electron chi connectivity index (χ4n) is 2.69. The molecule has 0 unspecified atom stereocenters. The number of nitrogens with one attached hydrogen (secondary N) is 1. The number of nitrogens with zero attached hydrogens (tertiary/aromatic N) is 4. The summed E-state index contributed by atoms with van der Waals surface area (Å²) in [5.74, 6) is -0.0856. The normalized spacial score (nSPS) is 10.9. The smallest absolute Gasteiger partial charge is 0.335 e. The number of amides is 1. The topological polar surface area (TPSA) is 110 Å². The fourth-order valence-corrected chi connectivity index (χ4v) is 3.44. The maximum Gasteiger partial charge on any atom is 0.335 e. The molecule has 29 heavy (non-hydrogen) atoms. The lowest BCUT2D eigenvalue weighted by Crippen LogP contribution is -2.15. The van der Waals surface area contributed by atoms with Gasteiger partial charge in [0, 0.05) is 30.2 Å². The van der Waals surface area contributed by atoms with Crippen LogP contribution in [0.1, 0.15) is 24.2 Å². The lowest BCUT2D eigenvalue weighted by atomic mass is 10.2. The minimum absolute atomic E-state index is 0.119. The van der Waals surface area contributed by atoms with E-state index in [0.717, 1.165) is 5.56 Å². The van der Waals surface area contributed by atoms with Gasteiger partial charge in [-0.1, -0.05) is 31.7 Å². The summed E-state index contributed by atoms with van der Waals surface area (Å²) in [6.45, 7) is 4.91. The summed E-state index contributed by atoms with van der Waals surface area (Å²) in [5.41, 5.74) is 1.42. The molecule has 0 spiro atoms. The molecule has 0 atom stereocenters. The first-order chi connectivity index (χ1) is 13.9. The second-order valence-corrected chi connectivity index (χ2v) is 7.72. The zero-order chi connectivity index (χ0) is 20.8. The van der Waals surface area contributed by atoms with E-state index < -0.39 is 5.97 Å². The van der Waals surface area contributed by atoms with Crippen molar-refractivity contribution in [2.24, 2.45) is 5.92 Å². The summed E-state index contributed by atoms with van der Waals surface area (Å²) < 4.78 is 1.99. The molecule has 2 aromatic heterocycles. The third-order valence-corrected chi connectivity index (χ3v) is 4.88. The van der Waals surface area contributed by atoms with Crippen LogP contribution < -0.4 is 5.32 Å². The van der Waals surface area contributed by atoms with Gasteiger partial charge in [0.25, 0.3) is 0 Å². The third-order valence-electron chi connectivity index (χ3n) is 3.91. The van der Waals surface area contributed by atoms with Gasteiger partial charge in [0.2, 0.25) is 5.91 Å². The predicted octanol–water partition coefficient (Wildman–Crippen LogP) is 3.43. The van der Waals surface area contributed by atoms with Gasteiger partial charge in [-0.15, -0.1) is 10.2 Å². The van der Waals surface area contributed by atoms with Crippen molar-refractivity contribution < 1.29 is 14.7 Å². The number of rotatable bonds is 8. The number of carbonyl (C=O) groups is 2. The molecule has 0 saturated carbocycles. The quantitative estimate of drug-likeness (QED) is 0.547. The highest BCUT2D eigenvalue weighted by Gasteiger charge is 2.17. The van der Waals surface area contributed by atoms with Crippen molar-refractivity contribution in [2.75, 3.05) is 11.1 Å². The first-order valence-corrected chi connectivity index (χ1v) is 10.0. The molecule has 9 heteroatoms. The fraction of sp³-hybridized carbons (Fsp3) is 0.250. The lowest BCUT2D eigenvalue weighted by molar-refractivity contribution is -0.113. The van der Waals surface area contributed by atoms with Crippen molar-refractivity contribution in [3.63, 3.8) is 0 Å². The Morgan fingerprint density at radius 3 is 2.72 bits per heavy atom. The average molecular weight is 411 g/mol.